The molecular formula is C21H27N3O2. The monoisotopic (exact) mass is 353 g/mol. The molecule has 1 aliphatic heterocycles. The standard InChI is InChI=1S/C21H27N3O2/c25-19-6-3-16(4-7-19)5-8-20(26)23-12-9-18(10-13-23)21-22-11-14-24(21)15-17-1-2-17/h3-4,6-7,11,14,17-18,25H,1-2,5,8-10,12-13,15H2. The maximum atomic E-state index is 12.5. The van der Waals surface area contributed by atoms with Crippen LogP contribution in [0.3, 0.4) is 0 Å². The van der Waals surface area contributed by atoms with Gasteiger partial charge in [0, 0.05) is 44.4 Å². The molecule has 0 radical (unpaired) electrons. The maximum Gasteiger partial charge on any atom is 0.222 e. The Balaban J connectivity index is 1.27. The SMILES string of the molecule is O=C(CCc1ccc(O)cc1)N1CCC(c2nccn2CC2CC2)CC1. The van der Waals surface area contributed by atoms with Gasteiger partial charge >= 0.3 is 0 Å². The van der Waals surface area contributed by atoms with Gasteiger partial charge in [0.1, 0.15) is 11.6 Å². The number of hydrogen-bond acceptors (Lipinski definition) is 3. The van der Waals surface area contributed by atoms with Crippen LogP contribution in [-0.2, 0) is 17.8 Å². The summed E-state index contributed by atoms with van der Waals surface area (Å²) in [6.07, 6.45) is 10.0. The van der Waals surface area contributed by atoms with Gasteiger partial charge in [0.15, 0.2) is 0 Å². The number of phenolic OH excluding ortho intramolecular Hbond substituents is 1. The van der Waals surface area contributed by atoms with Crippen molar-refractivity contribution in [2.45, 2.75) is 51.0 Å². The lowest BCUT2D eigenvalue weighted by Crippen LogP contribution is -2.38. The molecule has 2 aliphatic rings. The summed E-state index contributed by atoms with van der Waals surface area (Å²) in [4.78, 5) is 19.1. The second-order valence-corrected chi connectivity index (χ2v) is 7.70. The Labute approximate surface area is 154 Å². The first-order valence-corrected chi connectivity index (χ1v) is 9.76. The minimum absolute atomic E-state index is 0.234. The van der Waals surface area contributed by atoms with E-state index in [0.717, 1.165) is 50.4 Å². The van der Waals surface area contributed by atoms with Crippen molar-refractivity contribution in [3.05, 3.63) is 48.0 Å². The third kappa shape index (κ3) is 4.09. The molecular weight excluding hydrogens is 326 g/mol. The van der Waals surface area contributed by atoms with Crippen LogP contribution < -0.4 is 0 Å². The molecule has 5 heteroatoms. The van der Waals surface area contributed by atoms with Gasteiger partial charge in [0.2, 0.25) is 5.91 Å². The molecule has 1 saturated heterocycles. The Morgan fingerprint density at radius 1 is 1.12 bits per heavy atom. The van der Waals surface area contributed by atoms with Gasteiger partial charge in [-0.1, -0.05) is 12.1 Å². The van der Waals surface area contributed by atoms with E-state index in [0.29, 0.717) is 12.3 Å². The van der Waals surface area contributed by atoms with Gasteiger partial charge in [0.25, 0.3) is 0 Å². The van der Waals surface area contributed by atoms with Gasteiger partial charge in [-0.15, -0.1) is 0 Å². The Kier molecular flexibility index (Phi) is 4.96. The number of likely N-dealkylation sites (tertiary alicyclic amines) is 1. The van der Waals surface area contributed by atoms with Crippen molar-refractivity contribution in [2.75, 3.05) is 13.1 Å². The lowest BCUT2D eigenvalue weighted by Gasteiger charge is -2.32. The fourth-order valence-electron chi connectivity index (χ4n) is 3.87. The first-order valence-electron chi connectivity index (χ1n) is 9.76. The highest BCUT2D eigenvalue weighted by Gasteiger charge is 2.28. The molecule has 2 fully saturated rings. The summed E-state index contributed by atoms with van der Waals surface area (Å²) >= 11 is 0. The highest BCUT2D eigenvalue weighted by molar-refractivity contribution is 5.76. The Hall–Kier alpha value is -2.30. The molecule has 26 heavy (non-hydrogen) atoms. The topological polar surface area (TPSA) is 58.4 Å². The van der Waals surface area contributed by atoms with Crippen LogP contribution in [0, 0.1) is 5.92 Å². The smallest absolute Gasteiger partial charge is 0.222 e. The normalized spacial score (nSPS) is 18.2. The van der Waals surface area contributed by atoms with Crippen LogP contribution in [0.1, 0.15) is 49.4 Å². The summed E-state index contributed by atoms with van der Waals surface area (Å²) in [7, 11) is 0. The molecule has 0 spiro atoms. The predicted octanol–water partition coefficient (Wildman–Crippen LogP) is 3.34. The largest absolute Gasteiger partial charge is 0.508 e. The number of amides is 1. The van der Waals surface area contributed by atoms with Crippen molar-refractivity contribution >= 4 is 5.91 Å². The fourth-order valence-corrected chi connectivity index (χ4v) is 3.87. The Morgan fingerprint density at radius 2 is 1.85 bits per heavy atom. The molecule has 0 atom stereocenters. The van der Waals surface area contributed by atoms with Crippen molar-refractivity contribution in [1.82, 2.24) is 14.5 Å². The lowest BCUT2D eigenvalue weighted by molar-refractivity contribution is -0.132. The number of aromatic hydroxyl groups is 1. The van der Waals surface area contributed by atoms with E-state index in [1.165, 1.54) is 18.7 Å². The van der Waals surface area contributed by atoms with Gasteiger partial charge in [-0.2, -0.15) is 0 Å². The van der Waals surface area contributed by atoms with E-state index in [9.17, 15) is 9.90 Å². The highest BCUT2D eigenvalue weighted by atomic mass is 16.3. The van der Waals surface area contributed by atoms with Crippen molar-refractivity contribution in [3.8, 4) is 5.75 Å². The molecule has 2 heterocycles. The number of nitrogens with zero attached hydrogens (tertiary/aromatic N) is 3. The van der Waals surface area contributed by atoms with E-state index in [-0.39, 0.29) is 11.7 Å². The summed E-state index contributed by atoms with van der Waals surface area (Å²) < 4.78 is 2.34. The number of phenols is 1. The minimum Gasteiger partial charge on any atom is -0.508 e. The van der Waals surface area contributed by atoms with Crippen LogP contribution in [-0.4, -0.2) is 38.6 Å². The number of benzene rings is 1. The quantitative estimate of drug-likeness (QED) is 0.866. The van der Waals surface area contributed by atoms with E-state index in [1.807, 2.05) is 23.2 Å². The molecule has 1 amide bonds. The maximum absolute atomic E-state index is 12.5. The molecule has 5 nitrogen and oxygen atoms in total. The Morgan fingerprint density at radius 3 is 2.54 bits per heavy atom. The van der Waals surface area contributed by atoms with E-state index in [4.69, 9.17) is 0 Å². The number of carbonyl (C=O) groups excluding carboxylic acids is 1. The van der Waals surface area contributed by atoms with Crippen LogP contribution >= 0.6 is 0 Å². The third-order valence-corrected chi connectivity index (χ3v) is 5.68. The van der Waals surface area contributed by atoms with Gasteiger partial charge in [-0.25, -0.2) is 4.98 Å². The molecule has 1 N–H and O–H groups in total. The molecule has 1 aliphatic carbocycles. The van der Waals surface area contributed by atoms with Crippen molar-refractivity contribution in [2.24, 2.45) is 5.92 Å². The summed E-state index contributed by atoms with van der Waals surface area (Å²) in [5, 5.41) is 9.33. The number of imidazole rings is 1. The van der Waals surface area contributed by atoms with Crippen molar-refractivity contribution in [3.63, 3.8) is 0 Å². The second-order valence-electron chi connectivity index (χ2n) is 7.70. The molecule has 138 valence electrons. The molecule has 2 aromatic rings. The predicted molar refractivity (Wildman–Crippen MR) is 99.9 cm³/mol. The molecule has 0 bridgehead atoms. The van der Waals surface area contributed by atoms with Gasteiger partial charge in [-0.3, -0.25) is 4.79 Å². The van der Waals surface area contributed by atoms with Crippen molar-refractivity contribution in [1.29, 1.82) is 0 Å². The zero-order valence-corrected chi connectivity index (χ0v) is 15.2. The van der Waals surface area contributed by atoms with E-state index < -0.39 is 0 Å². The van der Waals surface area contributed by atoms with Crippen LogP contribution in [0.2, 0.25) is 0 Å². The summed E-state index contributed by atoms with van der Waals surface area (Å²) in [5.41, 5.74) is 1.09. The number of aromatic nitrogens is 2. The molecule has 1 saturated carbocycles. The summed E-state index contributed by atoms with van der Waals surface area (Å²) in [6, 6.07) is 7.12. The number of piperidine rings is 1. The van der Waals surface area contributed by atoms with Gasteiger partial charge in [0.05, 0.1) is 0 Å². The van der Waals surface area contributed by atoms with E-state index in [2.05, 4.69) is 15.7 Å². The Bertz CT molecular complexity index is 741. The highest BCUT2D eigenvalue weighted by Crippen LogP contribution is 2.33. The zero-order chi connectivity index (χ0) is 17.9. The molecule has 4 rings (SSSR count). The first kappa shape index (κ1) is 17.1. The summed E-state index contributed by atoms with van der Waals surface area (Å²) in [6.45, 7) is 2.77. The van der Waals surface area contributed by atoms with Crippen molar-refractivity contribution < 1.29 is 9.90 Å². The van der Waals surface area contributed by atoms with E-state index >= 15 is 0 Å². The van der Waals surface area contributed by atoms with Crippen LogP contribution in [0.4, 0.5) is 0 Å². The number of aryl methyl sites for hydroxylation is 1. The van der Waals surface area contributed by atoms with Gasteiger partial charge in [-0.05, 0) is 55.7 Å². The van der Waals surface area contributed by atoms with Crippen LogP contribution in [0.15, 0.2) is 36.7 Å². The summed E-state index contributed by atoms with van der Waals surface area (Å²) in [5.74, 6) is 3.04. The first-order chi connectivity index (χ1) is 12.7. The van der Waals surface area contributed by atoms with Gasteiger partial charge < -0.3 is 14.6 Å². The lowest BCUT2D eigenvalue weighted by atomic mass is 9.95. The molecule has 1 aromatic carbocycles. The fraction of sp³-hybridized carbons (Fsp3) is 0.524. The third-order valence-electron chi connectivity index (χ3n) is 5.68. The zero-order valence-electron chi connectivity index (χ0n) is 15.2. The van der Waals surface area contributed by atoms with Crippen LogP contribution in [0.25, 0.3) is 0 Å². The number of carbonyl (C=O) groups is 1. The minimum atomic E-state index is 0.234. The molecule has 0 unspecified atom stereocenters. The average molecular weight is 353 g/mol. The second kappa shape index (κ2) is 7.52. The van der Waals surface area contributed by atoms with Crippen LogP contribution in [0.5, 0.6) is 5.75 Å². The molecule has 1 aromatic heterocycles. The number of rotatable bonds is 6. The number of hydrogen-bond donors (Lipinski definition) is 1. The average Bonchev–Trinajstić information content (AvgIpc) is 3.36. The van der Waals surface area contributed by atoms with E-state index in [1.54, 1.807) is 12.1 Å².